The van der Waals surface area contributed by atoms with E-state index in [-0.39, 0.29) is 5.54 Å². The van der Waals surface area contributed by atoms with E-state index < -0.39 is 0 Å². The molecule has 2 rings (SSSR count). The van der Waals surface area contributed by atoms with Crippen molar-refractivity contribution >= 4 is 0 Å². The Morgan fingerprint density at radius 2 is 1.22 bits per heavy atom. The third-order valence-corrected chi connectivity index (χ3v) is 6.54. The minimum absolute atomic E-state index is 0.258. The zero-order valence-corrected chi connectivity index (χ0v) is 19.7. The van der Waals surface area contributed by atoms with Gasteiger partial charge in [-0.1, -0.05) is 39.5 Å². The molecule has 2 saturated carbocycles. The van der Waals surface area contributed by atoms with E-state index in [4.69, 9.17) is 5.11 Å². The van der Waals surface area contributed by atoms with Crippen LogP contribution in [0.5, 0.6) is 0 Å². The number of aliphatic hydroxyl groups excluding tert-OH is 1. The molecule has 1 N–H and O–H groups in total. The van der Waals surface area contributed by atoms with Crippen molar-refractivity contribution in [1.29, 1.82) is 0 Å². The van der Waals surface area contributed by atoms with E-state index in [0.29, 0.717) is 0 Å². The molecule has 0 atom stereocenters. The molecule has 2 fully saturated rings. The Hall–Kier alpha value is 0.500. The van der Waals surface area contributed by atoms with Gasteiger partial charge in [-0.2, -0.15) is 25.7 Å². The quantitative estimate of drug-likeness (QED) is 0.450. The molecule has 0 aromatic carbocycles. The number of rotatable bonds is 2. The fourth-order valence-electron chi connectivity index (χ4n) is 2.26. The summed E-state index contributed by atoms with van der Waals surface area (Å²) in [5.74, 6) is 2.01. The maximum absolute atomic E-state index is 7.00. The van der Waals surface area contributed by atoms with Crippen molar-refractivity contribution in [3.8, 4) is 0 Å². The van der Waals surface area contributed by atoms with E-state index in [1.165, 1.54) is 51.4 Å². The molecule has 2 nitrogen and oxygen atoms in total. The predicted octanol–water partition coefficient (Wildman–Crippen LogP) is 6.32. The van der Waals surface area contributed by atoms with Gasteiger partial charge in [-0.25, -0.2) is 0 Å². The van der Waals surface area contributed by atoms with Crippen molar-refractivity contribution in [3.05, 3.63) is 12.8 Å². The molecule has 2 aliphatic rings. The van der Waals surface area contributed by atoms with Gasteiger partial charge in [0.2, 0.25) is 0 Å². The van der Waals surface area contributed by atoms with Gasteiger partial charge in [0.15, 0.2) is 0 Å². The Morgan fingerprint density at radius 3 is 1.30 bits per heavy atom. The molecule has 0 aromatic heterocycles. The Labute approximate surface area is 159 Å². The summed E-state index contributed by atoms with van der Waals surface area (Å²) >= 11 is 1.16. The summed E-state index contributed by atoms with van der Waals surface area (Å²) in [6, 6.07) is 0. The van der Waals surface area contributed by atoms with Crippen LogP contribution in [0.15, 0.2) is 3.34 Å². The molecule has 0 radical (unpaired) electrons. The SMILES string of the molecule is CC1CC[CH-]CC1.CC1CC[CH-]CC1.CCC(C)(C)[N]=[Ta].CO. The van der Waals surface area contributed by atoms with Gasteiger partial charge in [0, 0.05) is 7.11 Å². The molecule has 0 saturated heterocycles. The Kier molecular flexibility index (Phi) is 19.4. The Morgan fingerprint density at radius 1 is 0.913 bits per heavy atom. The average molecular weight is 493 g/mol. The summed E-state index contributed by atoms with van der Waals surface area (Å²) in [5.41, 5.74) is 0.258. The van der Waals surface area contributed by atoms with Crippen molar-refractivity contribution in [2.24, 2.45) is 15.2 Å². The van der Waals surface area contributed by atoms with E-state index in [1.54, 1.807) is 0 Å². The molecule has 3 heteroatoms. The van der Waals surface area contributed by atoms with Crippen LogP contribution in [0.3, 0.4) is 0 Å². The van der Waals surface area contributed by atoms with Crippen LogP contribution in [0.2, 0.25) is 0 Å². The largest absolute Gasteiger partial charge is 0.400 e. The number of nitrogens with zero attached hydrogens (tertiary/aromatic N) is 1. The first-order chi connectivity index (χ1) is 10.9. The van der Waals surface area contributed by atoms with Gasteiger partial charge in [0.1, 0.15) is 0 Å². The summed E-state index contributed by atoms with van der Waals surface area (Å²) in [5, 5.41) is 7.00. The smallest absolute Gasteiger partial charge is 0.0319 e. The molecule has 2 aliphatic carbocycles. The van der Waals surface area contributed by atoms with Crippen LogP contribution < -0.4 is 0 Å². The van der Waals surface area contributed by atoms with Gasteiger partial charge in [-0.3, -0.25) is 0 Å². The molecular weight excluding hydrogens is 451 g/mol. The van der Waals surface area contributed by atoms with Crippen LogP contribution in [0.25, 0.3) is 0 Å². The zero-order valence-electron chi connectivity index (χ0n) is 16.5. The van der Waals surface area contributed by atoms with Gasteiger partial charge in [0.25, 0.3) is 0 Å². The number of aliphatic hydroxyl groups is 1. The standard InChI is InChI=1S/2C7H13.C5H11N.CH4O.Ta/c2*1-7-5-3-2-4-6-7;1-4-5(2,3)6;1-2;/h2*2,7H,3-6H2,1H3;4H2,1-3H3;2H,1H3;/q2*-1;;;. The summed E-state index contributed by atoms with van der Waals surface area (Å²) in [6.07, 6.45) is 17.1. The minimum Gasteiger partial charge on any atom is -0.400 e. The fraction of sp³-hybridized carbons (Fsp3) is 0.900. The van der Waals surface area contributed by atoms with Gasteiger partial charge in [0.05, 0.1) is 0 Å². The Balaban J connectivity index is 0. The van der Waals surface area contributed by atoms with E-state index in [1.807, 2.05) is 0 Å². The maximum atomic E-state index is 7.00. The second kappa shape index (κ2) is 17.3. The monoisotopic (exact) mass is 492 g/mol. The average Bonchev–Trinajstić information content (AvgIpc) is 2.59. The first-order valence-corrected chi connectivity index (χ1v) is 10.8. The summed E-state index contributed by atoms with van der Waals surface area (Å²) in [4.78, 5) is 0. The van der Waals surface area contributed by atoms with Gasteiger partial charge >= 0.3 is 57.0 Å². The van der Waals surface area contributed by atoms with Crippen LogP contribution in [-0.2, 0) is 20.9 Å². The van der Waals surface area contributed by atoms with Crippen LogP contribution in [0.1, 0.15) is 92.4 Å². The number of hydrogen-bond donors (Lipinski definition) is 1. The van der Waals surface area contributed by atoms with E-state index in [2.05, 4.69) is 50.8 Å². The molecule has 0 unspecified atom stereocenters. The first kappa shape index (κ1) is 25.7. The van der Waals surface area contributed by atoms with Gasteiger partial charge in [-0.05, 0) is 11.8 Å². The van der Waals surface area contributed by atoms with E-state index in [9.17, 15) is 0 Å². The second-order valence-electron chi connectivity index (χ2n) is 7.36. The van der Waals surface area contributed by atoms with E-state index >= 15 is 0 Å². The normalized spacial score (nSPS) is 19.0. The minimum atomic E-state index is 0.258. The van der Waals surface area contributed by atoms with Crippen molar-refractivity contribution in [1.82, 2.24) is 0 Å². The number of hydrogen-bond acceptors (Lipinski definition) is 2. The van der Waals surface area contributed by atoms with Crippen molar-refractivity contribution in [2.75, 3.05) is 7.11 Å². The second-order valence-corrected chi connectivity index (χ2v) is 8.08. The third kappa shape index (κ3) is 18.7. The van der Waals surface area contributed by atoms with Gasteiger partial charge in [-0.15, -0.1) is 0 Å². The maximum Gasteiger partial charge on any atom is 0.0319 e. The van der Waals surface area contributed by atoms with Crippen LogP contribution in [0.4, 0.5) is 0 Å². The molecule has 0 amide bonds. The zero-order chi connectivity index (χ0) is 18.1. The summed E-state index contributed by atoms with van der Waals surface area (Å²) < 4.78 is 4.25. The molecule has 0 aromatic rings. The van der Waals surface area contributed by atoms with Crippen molar-refractivity contribution < 1.29 is 26.0 Å². The molecule has 0 heterocycles. The molecular formula is C20H41NOTa-2. The van der Waals surface area contributed by atoms with Gasteiger partial charge < -0.3 is 17.9 Å². The molecule has 23 heavy (non-hydrogen) atoms. The van der Waals surface area contributed by atoms with Crippen LogP contribution in [0, 0.1) is 24.7 Å². The van der Waals surface area contributed by atoms with Crippen molar-refractivity contribution in [3.63, 3.8) is 0 Å². The Bertz CT molecular complexity index is 228. The summed E-state index contributed by atoms with van der Waals surface area (Å²) in [6.45, 7) is 11.2. The third-order valence-electron chi connectivity index (χ3n) is 4.59. The summed E-state index contributed by atoms with van der Waals surface area (Å²) in [7, 11) is 1.00. The molecule has 0 bridgehead atoms. The molecule has 139 valence electrons. The fourth-order valence-corrected chi connectivity index (χ4v) is 2.77. The molecule has 0 spiro atoms. The predicted molar refractivity (Wildman–Crippen MR) is 98.8 cm³/mol. The molecule has 0 aliphatic heterocycles. The topological polar surface area (TPSA) is 32.6 Å². The first-order valence-electron chi connectivity index (χ1n) is 9.35. The van der Waals surface area contributed by atoms with Crippen molar-refractivity contribution in [2.45, 2.75) is 97.9 Å². The van der Waals surface area contributed by atoms with Crippen LogP contribution >= 0.6 is 0 Å². The van der Waals surface area contributed by atoms with E-state index in [0.717, 1.165) is 46.3 Å². The van der Waals surface area contributed by atoms with Crippen LogP contribution in [-0.4, -0.2) is 17.8 Å².